The average Bonchev–Trinajstić information content (AvgIpc) is 2.67. The molecule has 1 N–H and O–H groups in total. The number of carbonyl (C=O) groups excluding carboxylic acids is 2. The highest BCUT2D eigenvalue weighted by Gasteiger charge is 2.16. The van der Waals surface area contributed by atoms with E-state index in [1.54, 1.807) is 37.5 Å². The van der Waals surface area contributed by atoms with Gasteiger partial charge in [-0.1, -0.05) is 58.5 Å². The highest BCUT2D eigenvalue weighted by atomic mass is 35.5. The van der Waals surface area contributed by atoms with Gasteiger partial charge in [0, 0.05) is 6.08 Å². The van der Waals surface area contributed by atoms with Gasteiger partial charge in [0.15, 0.2) is 6.61 Å². The van der Waals surface area contributed by atoms with Gasteiger partial charge in [0.2, 0.25) is 0 Å². The van der Waals surface area contributed by atoms with Gasteiger partial charge in [-0.15, -0.1) is 0 Å². The van der Waals surface area contributed by atoms with Crippen molar-refractivity contribution in [1.82, 2.24) is 0 Å². The van der Waals surface area contributed by atoms with Gasteiger partial charge < -0.3 is 14.8 Å². The lowest BCUT2D eigenvalue weighted by atomic mass is 10.2. The first-order valence-electron chi connectivity index (χ1n) is 7.43. The summed E-state index contributed by atoms with van der Waals surface area (Å²) in [6.45, 7) is -0.539. The molecular weight excluding hydrogens is 436 g/mol. The van der Waals surface area contributed by atoms with Crippen molar-refractivity contribution in [1.29, 1.82) is 0 Å². The van der Waals surface area contributed by atoms with Crippen molar-refractivity contribution in [3.8, 4) is 5.75 Å². The van der Waals surface area contributed by atoms with Crippen molar-refractivity contribution < 1.29 is 19.1 Å². The Morgan fingerprint density at radius 3 is 2.19 bits per heavy atom. The summed E-state index contributed by atoms with van der Waals surface area (Å²) in [6, 6.07) is 8.39. The summed E-state index contributed by atoms with van der Waals surface area (Å²) in [6.07, 6.45) is 2.75. The Hall–Kier alpha value is -1.92. The summed E-state index contributed by atoms with van der Waals surface area (Å²) < 4.78 is 9.91. The van der Waals surface area contributed by atoms with Crippen LogP contribution in [0.25, 0.3) is 6.08 Å². The average molecular weight is 449 g/mol. The van der Waals surface area contributed by atoms with E-state index >= 15 is 0 Å². The number of methoxy groups -OCH3 is 1. The van der Waals surface area contributed by atoms with Crippen LogP contribution in [0, 0.1) is 0 Å². The zero-order valence-electron chi connectivity index (χ0n) is 13.9. The Labute approximate surface area is 175 Å². The third-order valence-electron chi connectivity index (χ3n) is 3.25. The maximum Gasteiger partial charge on any atom is 0.331 e. The number of anilines is 1. The summed E-state index contributed by atoms with van der Waals surface area (Å²) in [5.74, 6) is -0.643. The molecule has 1 amide bonds. The van der Waals surface area contributed by atoms with Crippen molar-refractivity contribution in [2.45, 2.75) is 0 Å². The lowest BCUT2D eigenvalue weighted by Gasteiger charge is -2.11. The number of benzene rings is 2. The summed E-state index contributed by atoms with van der Waals surface area (Å²) >= 11 is 23.8. The second-order valence-electron chi connectivity index (χ2n) is 5.11. The van der Waals surface area contributed by atoms with Crippen LogP contribution in [-0.4, -0.2) is 25.6 Å². The molecule has 142 valence electrons. The SMILES string of the molecule is COc1ccc(/C=C/C(=O)OCC(=O)Nc2c(Cl)c(Cl)cc(Cl)c2Cl)cc1. The summed E-state index contributed by atoms with van der Waals surface area (Å²) in [7, 11) is 1.56. The van der Waals surface area contributed by atoms with Gasteiger partial charge in [-0.05, 0) is 29.8 Å². The van der Waals surface area contributed by atoms with Gasteiger partial charge in [-0.25, -0.2) is 4.79 Å². The molecule has 0 unspecified atom stereocenters. The van der Waals surface area contributed by atoms with Gasteiger partial charge >= 0.3 is 5.97 Å². The first kappa shape index (κ1) is 21.4. The molecular formula is C18H13Cl4NO4. The van der Waals surface area contributed by atoms with Crippen LogP contribution in [0.2, 0.25) is 20.1 Å². The van der Waals surface area contributed by atoms with E-state index < -0.39 is 18.5 Å². The van der Waals surface area contributed by atoms with Gasteiger partial charge in [0.1, 0.15) is 5.75 Å². The van der Waals surface area contributed by atoms with Crippen LogP contribution in [0.5, 0.6) is 5.75 Å². The molecule has 0 fully saturated rings. The van der Waals surface area contributed by atoms with Crippen molar-refractivity contribution >= 4 is 70.0 Å². The van der Waals surface area contributed by atoms with Gasteiger partial charge in [0.05, 0.1) is 32.9 Å². The van der Waals surface area contributed by atoms with Crippen LogP contribution in [-0.2, 0) is 14.3 Å². The standard InChI is InChI=1S/C18H13Cl4NO4/c1-26-11-5-2-10(3-6-11)4-7-15(25)27-9-14(24)23-18-16(21)12(19)8-13(20)17(18)22/h2-8H,9H2,1H3,(H,23,24)/b7-4+. The molecule has 2 aromatic carbocycles. The zero-order valence-corrected chi connectivity index (χ0v) is 16.9. The topological polar surface area (TPSA) is 64.6 Å². The molecule has 0 heterocycles. The fourth-order valence-electron chi connectivity index (χ4n) is 1.92. The van der Waals surface area contributed by atoms with E-state index in [1.165, 1.54) is 12.1 Å². The molecule has 27 heavy (non-hydrogen) atoms. The van der Waals surface area contributed by atoms with E-state index in [9.17, 15) is 9.59 Å². The minimum absolute atomic E-state index is 0.0325. The van der Waals surface area contributed by atoms with Crippen LogP contribution >= 0.6 is 46.4 Å². The van der Waals surface area contributed by atoms with Gasteiger partial charge in [0.25, 0.3) is 5.91 Å². The maximum absolute atomic E-state index is 12.0. The minimum Gasteiger partial charge on any atom is -0.497 e. The molecule has 9 heteroatoms. The molecule has 0 aromatic heterocycles. The van der Waals surface area contributed by atoms with Crippen molar-refractivity contribution in [3.05, 3.63) is 62.1 Å². The molecule has 0 aliphatic carbocycles. The number of halogens is 4. The Balaban J connectivity index is 1.91. The number of rotatable bonds is 6. The lowest BCUT2D eigenvalue weighted by Crippen LogP contribution is -2.20. The molecule has 0 atom stereocenters. The fraction of sp³-hybridized carbons (Fsp3) is 0.111. The number of esters is 1. The third-order valence-corrected chi connectivity index (χ3v) is 4.82. The smallest absolute Gasteiger partial charge is 0.331 e. The second kappa shape index (κ2) is 9.85. The highest BCUT2D eigenvalue weighted by molar-refractivity contribution is 6.50. The van der Waals surface area contributed by atoms with Crippen LogP contribution in [0.4, 0.5) is 5.69 Å². The summed E-state index contributed by atoms with van der Waals surface area (Å²) in [4.78, 5) is 23.7. The molecule has 0 radical (unpaired) electrons. The minimum atomic E-state index is -0.692. The first-order chi connectivity index (χ1) is 12.8. The molecule has 0 spiro atoms. The van der Waals surface area contributed by atoms with Gasteiger partial charge in [-0.3, -0.25) is 4.79 Å². The predicted octanol–water partition coefficient (Wildman–Crippen LogP) is 5.50. The molecule has 0 saturated heterocycles. The number of hydrogen-bond acceptors (Lipinski definition) is 4. The molecule has 2 aromatic rings. The molecule has 0 aliphatic rings. The zero-order chi connectivity index (χ0) is 20.0. The largest absolute Gasteiger partial charge is 0.497 e. The predicted molar refractivity (Wildman–Crippen MR) is 108 cm³/mol. The van der Waals surface area contributed by atoms with Crippen LogP contribution in [0.3, 0.4) is 0 Å². The normalized spacial score (nSPS) is 10.7. The maximum atomic E-state index is 12.0. The number of hydrogen-bond donors (Lipinski definition) is 1. The second-order valence-corrected chi connectivity index (χ2v) is 6.68. The molecule has 2 rings (SSSR count). The number of ether oxygens (including phenoxy) is 2. The quantitative estimate of drug-likeness (QED) is 0.359. The Kier molecular flexibility index (Phi) is 7.80. The monoisotopic (exact) mass is 447 g/mol. The Morgan fingerprint density at radius 2 is 1.63 bits per heavy atom. The van der Waals surface area contributed by atoms with E-state index in [4.69, 9.17) is 55.9 Å². The number of carbonyl (C=O) groups is 2. The lowest BCUT2D eigenvalue weighted by molar-refractivity contribution is -0.142. The van der Waals surface area contributed by atoms with E-state index in [0.29, 0.717) is 5.75 Å². The van der Waals surface area contributed by atoms with Crippen LogP contribution in [0.15, 0.2) is 36.4 Å². The molecule has 0 bridgehead atoms. The molecule has 5 nitrogen and oxygen atoms in total. The van der Waals surface area contributed by atoms with Crippen molar-refractivity contribution in [3.63, 3.8) is 0 Å². The van der Waals surface area contributed by atoms with E-state index in [-0.39, 0.29) is 25.8 Å². The first-order valence-corrected chi connectivity index (χ1v) is 8.94. The van der Waals surface area contributed by atoms with Crippen molar-refractivity contribution in [2.24, 2.45) is 0 Å². The Morgan fingerprint density at radius 1 is 1.04 bits per heavy atom. The van der Waals surface area contributed by atoms with Gasteiger partial charge in [-0.2, -0.15) is 0 Å². The highest BCUT2D eigenvalue weighted by Crippen LogP contribution is 2.40. The molecule has 0 aliphatic heterocycles. The number of nitrogens with one attached hydrogen (secondary N) is 1. The van der Waals surface area contributed by atoms with E-state index in [0.717, 1.165) is 5.56 Å². The molecule has 0 saturated carbocycles. The Bertz CT molecular complexity index is 856. The fourth-order valence-corrected chi connectivity index (χ4v) is 2.83. The summed E-state index contributed by atoms with van der Waals surface area (Å²) in [5.41, 5.74) is 0.815. The van der Waals surface area contributed by atoms with E-state index in [2.05, 4.69) is 5.32 Å². The van der Waals surface area contributed by atoms with Crippen LogP contribution < -0.4 is 10.1 Å². The number of amides is 1. The van der Waals surface area contributed by atoms with Crippen molar-refractivity contribution in [2.75, 3.05) is 19.0 Å². The third kappa shape index (κ3) is 6.04. The summed E-state index contributed by atoms with van der Waals surface area (Å²) in [5, 5.41) is 2.73. The van der Waals surface area contributed by atoms with E-state index in [1.807, 2.05) is 0 Å². The van der Waals surface area contributed by atoms with Crippen LogP contribution in [0.1, 0.15) is 5.56 Å².